The minimum absolute atomic E-state index is 0.797. The second kappa shape index (κ2) is 4.14. The van der Waals surface area contributed by atoms with E-state index in [1.165, 1.54) is 28.5 Å². The van der Waals surface area contributed by atoms with E-state index in [0.717, 1.165) is 5.92 Å². The standard InChI is InChI=1S/C13H16S/c1-3-10(2)8-11-4-5-13-12(9-11)6-7-14-13/h4-7,9-10H,3,8H2,1-2H3/t10-/m1/s1. The lowest BCUT2D eigenvalue weighted by molar-refractivity contribution is 0.560. The van der Waals surface area contributed by atoms with Gasteiger partial charge in [-0.05, 0) is 40.8 Å². The molecule has 1 heterocycles. The molecule has 0 spiro atoms. The van der Waals surface area contributed by atoms with Crippen LogP contribution < -0.4 is 0 Å². The fourth-order valence-corrected chi connectivity index (χ4v) is 2.46. The van der Waals surface area contributed by atoms with Gasteiger partial charge in [-0.1, -0.05) is 32.4 Å². The summed E-state index contributed by atoms with van der Waals surface area (Å²) in [5, 5.41) is 3.56. The van der Waals surface area contributed by atoms with Crippen molar-refractivity contribution in [1.29, 1.82) is 0 Å². The molecule has 0 saturated carbocycles. The van der Waals surface area contributed by atoms with E-state index < -0.39 is 0 Å². The first kappa shape index (κ1) is 9.72. The molecule has 1 atom stereocenters. The first-order valence-electron chi connectivity index (χ1n) is 5.25. The number of hydrogen-bond donors (Lipinski definition) is 0. The molecule has 0 aliphatic heterocycles. The van der Waals surface area contributed by atoms with Crippen LogP contribution in [0.2, 0.25) is 0 Å². The van der Waals surface area contributed by atoms with E-state index in [0.29, 0.717) is 0 Å². The fourth-order valence-electron chi connectivity index (χ4n) is 1.69. The van der Waals surface area contributed by atoms with Gasteiger partial charge in [0.05, 0.1) is 0 Å². The zero-order valence-corrected chi connectivity index (χ0v) is 9.60. The van der Waals surface area contributed by atoms with Crippen molar-refractivity contribution in [1.82, 2.24) is 0 Å². The fraction of sp³-hybridized carbons (Fsp3) is 0.385. The molecule has 0 aliphatic carbocycles. The Labute approximate surface area is 89.6 Å². The highest BCUT2D eigenvalue weighted by Gasteiger charge is 2.02. The molecule has 0 amide bonds. The topological polar surface area (TPSA) is 0 Å². The first-order valence-corrected chi connectivity index (χ1v) is 6.13. The van der Waals surface area contributed by atoms with Gasteiger partial charge in [0.25, 0.3) is 0 Å². The summed E-state index contributed by atoms with van der Waals surface area (Å²) in [6.07, 6.45) is 2.48. The molecule has 0 aliphatic rings. The molecule has 0 N–H and O–H groups in total. The smallest absolute Gasteiger partial charge is 0.0342 e. The average Bonchev–Trinajstić information content (AvgIpc) is 2.64. The molecule has 0 nitrogen and oxygen atoms in total. The number of rotatable bonds is 3. The van der Waals surface area contributed by atoms with Crippen LogP contribution in [0.5, 0.6) is 0 Å². The van der Waals surface area contributed by atoms with Crippen LogP contribution in [-0.4, -0.2) is 0 Å². The summed E-state index contributed by atoms with van der Waals surface area (Å²) in [6.45, 7) is 4.58. The summed E-state index contributed by atoms with van der Waals surface area (Å²) >= 11 is 1.82. The average molecular weight is 204 g/mol. The summed E-state index contributed by atoms with van der Waals surface area (Å²) in [7, 11) is 0. The van der Waals surface area contributed by atoms with E-state index in [9.17, 15) is 0 Å². The van der Waals surface area contributed by atoms with Gasteiger partial charge in [0.1, 0.15) is 0 Å². The normalized spacial score (nSPS) is 13.3. The van der Waals surface area contributed by atoms with E-state index in [1.807, 2.05) is 11.3 Å². The summed E-state index contributed by atoms with van der Waals surface area (Å²) in [5.41, 5.74) is 1.48. The number of fused-ring (bicyclic) bond motifs is 1. The van der Waals surface area contributed by atoms with Crippen molar-refractivity contribution < 1.29 is 0 Å². The van der Waals surface area contributed by atoms with Crippen LogP contribution in [0.4, 0.5) is 0 Å². The van der Waals surface area contributed by atoms with Crippen molar-refractivity contribution in [2.45, 2.75) is 26.7 Å². The molecular weight excluding hydrogens is 188 g/mol. The van der Waals surface area contributed by atoms with Crippen molar-refractivity contribution in [2.75, 3.05) is 0 Å². The van der Waals surface area contributed by atoms with Gasteiger partial charge in [0, 0.05) is 4.70 Å². The van der Waals surface area contributed by atoms with Gasteiger partial charge < -0.3 is 0 Å². The third-order valence-electron chi connectivity index (χ3n) is 2.80. The molecule has 2 aromatic rings. The third-order valence-corrected chi connectivity index (χ3v) is 3.70. The van der Waals surface area contributed by atoms with Crippen LogP contribution in [0.25, 0.3) is 10.1 Å². The maximum absolute atomic E-state index is 2.33. The van der Waals surface area contributed by atoms with Crippen LogP contribution in [0.15, 0.2) is 29.6 Å². The molecule has 0 fully saturated rings. The predicted octanol–water partition coefficient (Wildman–Crippen LogP) is 4.49. The molecule has 2 rings (SSSR count). The Bertz CT molecular complexity index is 414. The van der Waals surface area contributed by atoms with E-state index in [4.69, 9.17) is 0 Å². The van der Waals surface area contributed by atoms with Crippen molar-refractivity contribution in [2.24, 2.45) is 5.92 Å². The van der Waals surface area contributed by atoms with Gasteiger partial charge in [-0.3, -0.25) is 0 Å². The third kappa shape index (κ3) is 1.98. The molecule has 0 saturated heterocycles. The molecule has 0 bridgehead atoms. The zero-order chi connectivity index (χ0) is 9.97. The number of benzene rings is 1. The molecule has 1 aromatic carbocycles. The Morgan fingerprint density at radius 1 is 1.29 bits per heavy atom. The van der Waals surface area contributed by atoms with E-state index in [1.54, 1.807) is 0 Å². The lowest BCUT2D eigenvalue weighted by Crippen LogP contribution is -1.96. The maximum Gasteiger partial charge on any atom is 0.0342 e. The molecule has 1 heteroatoms. The van der Waals surface area contributed by atoms with Gasteiger partial charge in [0.2, 0.25) is 0 Å². The lowest BCUT2D eigenvalue weighted by Gasteiger charge is -2.07. The highest BCUT2D eigenvalue weighted by Crippen LogP contribution is 2.23. The van der Waals surface area contributed by atoms with Crippen molar-refractivity contribution >= 4 is 21.4 Å². The van der Waals surface area contributed by atoms with Crippen LogP contribution >= 0.6 is 11.3 Å². The second-order valence-electron chi connectivity index (χ2n) is 4.01. The summed E-state index contributed by atoms with van der Waals surface area (Å²) < 4.78 is 1.40. The predicted molar refractivity (Wildman–Crippen MR) is 65.0 cm³/mol. The number of hydrogen-bond acceptors (Lipinski definition) is 1. The zero-order valence-electron chi connectivity index (χ0n) is 8.79. The largest absolute Gasteiger partial charge is 0.144 e. The van der Waals surface area contributed by atoms with Crippen molar-refractivity contribution in [3.63, 3.8) is 0 Å². The van der Waals surface area contributed by atoms with Gasteiger partial charge in [-0.2, -0.15) is 0 Å². The second-order valence-corrected chi connectivity index (χ2v) is 4.96. The highest BCUT2D eigenvalue weighted by molar-refractivity contribution is 7.17. The monoisotopic (exact) mass is 204 g/mol. The Morgan fingerprint density at radius 2 is 2.14 bits per heavy atom. The Kier molecular flexibility index (Phi) is 2.87. The summed E-state index contributed by atoms with van der Waals surface area (Å²) in [6, 6.07) is 9.06. The minimum atomic E-state index is 0.797. The number of thiophene rings is 1. The maximum atomic E-state index is 2.33. The molecule has 14 heavy (non-hydrogen) atoms. The Hall–Kier alpha value is -0.820. The van der Waals surface area contributed by atoms with Gasteiger partial charge in [-0.15, -0.1) is 11.3 Å². The summed E-state index contributed by atoms with van der Waals surface area (Å²) in [4.78, 5) is 0. The lowest BCUT2D eigenvalue weighted by atomic mass is 9.98. The summed E-state index contributed by atoms with van der Waals surface area (Å²) in [5.74, 6) is 0.797. The van der Waals surface area contributed by atoms with Gasteiger partial charge >= 0.3 is 0 Å². The van der Waals surface area contributed by atoms with Crippen LogP contribution in [-0.2, 0) is 6.42 Å². The highest BCUT2D eigenvalue weighted by atomic mass is 32.1. The van der Waals surface area contributed by atoms with E-state index in [-0.39, 0.29) is 0 Å². The van der Waals surface area contributed by atoms with Gasteiger partial charge in [0.15, 0.2) is 0 Å². The quantitative estimate of drug-likeness (QED) is 0.691. The van der Waals surface area contributed by atoms with E-state index in [2.05, 4.69) is 43.5 Å². The first-order chi connectivity index (χ1) is 6.79. The van der Waals surface area contributed by atoms with Gasteiger partial charge in [-0.25, -0.2) is 0 Å². The molecule has 0 radical (unpaired) electrons. The minimum Gasteiger partial charge on any atom is -0.144 e. The SMILES string of the molecule is CC[C@@H](C)Cc1ccc2sccc2c1. The van der Waals surface area contributed by atoms with E-state index >= 15 is 0 Å². The molecule has 74 valence electrons. The van der Waals surface area contributed by atoms with Crippen LogP contribution in [0.3, 0.4) is 0 Å². The Morgan fingerprint density at radius 3 is 2.93 bits per heavy atom. The Balaban J connectivity index is 2.25. The molecule has 1 aromatic heterocycles. The van der Waals surface area contributed by atoms with Crippen LogP contribution in [0.1, 0.15) is 25.8 Å². The van der Waals surface area contributed by atoms with Crippen LogP contribution in [0, 0.1) is 5.92 Å². The molecule has 0 unspecified atom stereocenters. The molecular formula is C13H16S. The van der Waals surface area contributed by atoms with Crippen molar-refractivity contribution in [3.05, 3.63) is 35.2 Å². The van der Waals surface area contributed by atoms with Crippen molar-refractivity contribution in [3.8, 4) is 0 Å².